The number of halogens is 1. The molecule has 0 radical (unpaired) electrons. The summed E-state index contributed by atoms with van der Waals surface area (Å²) in [6.45, 7) is 2.04. The van der Waals surface area contributed by atoms with Gasteiger partial charge in [0.05, 0.1) is 0 Å². The molecule has 0 amide bonds. The molecule has 0 saturated heterocycles. The van der Waals surface area contributed by atoms with E-state index in [1.807, 2.05) is 25.1 Å². The number of aldehydes is 1. The molecule has 1 nitrogen and oxygen atoms in total. The van der Waals surface area contributed by atoms with Crippen molar-refractivity contribution >= 4 is 22.2 Å². The summed E-state index contributed by atoms with van der Waals surface area (Å²) in [6, 6.07) is 5.68. The highest BCUT2D eigenvalue weighted by molar-refractivity contribution is 9.10. The molecule has 0 spiro atoms. The average molecular weight is 213 g/mol. The molecule has 0 aliphatic heterocycles. The molecule has 1 aromatic rings. The van der Waals surface area contributed by atoms with Crippen LogP contribution in [0.5, 0.6) is 0 Å². The normalized spacial score (nSPS) is 9.64. The Morgan fingerprint density at radius 3 is 2.82 bits per heavy atom. The molecular formula is C9H9BrO. The van der Waals surface area contributed by atoms with Crippen molar-refractivity contribution in [2.24, 2.45) is 0 Å². The van der Waals surface area contributed by atoms with Crippen LogP contribution in [0.15, 0.2) is 22.7 Å². The smallest absolute Gasteiger partial charge is 0.150 e. The van der Waals surface area contributed by atoms with E-state index in [1.165, 1.54) is 0 Å². The topological polar surface area (TPSA) is 17.1 Å². The van der Waals surface area contributed by atoms with Crippen LogP contribution in [0.4, 0.5) is 0 Å². The van der Waals surface area contributed by atoms with E-state index in [1.54, 1.807) is 0 Å². The summed E-state index contributed by atoms with van der Waals surface area (Å²) in [7, 11) is 0. The lowest BCUT2D eigenvalue weighted by molar-refractivity contribution is 0.112. The van der Waals surface area contributed by atoms with Gasteiger partial charge < -0.3 is 0 Å². The highest BCUT2D eigenvalue weighted by atomic mass is 79.9. The molecule has 0 aliphatic carbocycles. The molecule has 0 aromatic heterocycles. The summed E-state index contributed by atoms with van der Waals surface area (Å²) in [5.74, 6) is 0. The summed E-state index contributed by atoms with van der Waals surface area (Å²) < 4.78 is 1.03. The second-order valence-electron chi connectivity index (χ2n) is 2.31. The van der Waals surface area contributed by atoms with Gasteiger partial charge in [-0.1, -0.05) is 28.9 Å². The molecule has 0 atom stereocenters. The predicted octanol–water partition coefficient (Wildman–Crippen LogP) is 2.82. The quantitative estimate of drug-likeness (QED) is 0.690. The Bertz CT molecular complexity index is 268. The molecule has 0 aliphatic rings. The van der Waals surface area contributed by atoms with Crippen LogP contribution in [0.25, 0.3) is 0 Å². The Hall–Kier alpha value is -0.630. The second-order valence-corrected chi connectivity index (χ2v) is 3.23. The van der Waals surface area contributed by atoms with E-state index in [9.17, 15) is 4.79 Å². The summed E-state index contributed by atoms with van der Waals surface area (Å²) in [6.07, 6.45) is 1.79. The van der Waals surface area contributed by atoms with E-state index in [-0.39, 0.29) is 0 Å². The zero-order valence-corrected chi connectivity index (χ0v) is 7.89. The van der Waals surface area contributed by atoms with E-state index in [0.717, 1.165) is 28.3 Å². The lowest BCUT2D eigenvalue weighted by Crippen LogP contribution is -1.89. The van der Waals surface area contributed by atoms with Crippen molar-refractivity contribution in [2.75, 3.05) is 0 Å². The fourth-order valence-electron chi connectivity index (χ4n) is 0.995. The van der Waals surface area contributed by atoms with Crippen LogP contribution in [0.3, 0.4) is 0 Å². The Balaban J connectivity index is 3.16. The predicted molar refractivity (Wildman–Crippen MR) is 48.9 cm³/mol. The lowest BCUT2D eigenvalue weighted by Gasteiger charge is -2.00. The van der Waals surface area contributed by atoms with Crippen molar-refractivity contribution in [1.29, 1.82) is 0 Å². The van der Waals surface area contributed by atoms with Gasteiger partial charge in [0.25, 0.3) is 0 Å². The number of hydrogen-bond donors (Lipinski definition) is 0. The average Bonchev–Trinajstić information content (AvgIpc) is 2.04. The maximum absolute atomic E-state index is 10.5. The third-order valence-electron chi connectivity index (χ3n) is 1.61. The van der Waals surface area contributed by atoms with Crippen molar-refractivity contribution in [3.05, 3.63) is 33.8 Å². The number of aryl methyl sites for hydroxylation is 1. The van der Waals surface area contributed by atoms with Gasteiger partial charge in [0, 0.05) is 10.0 Å². The number of hydrogen-bond acceptors (Lipinski definition) is 1. The van der Waals surface area contributed by atoms with Crippen LogP contribution in [-0.2, 0) is 6.42 Å². The first-order valence-electron chi connectivity index (χ1n) is 3.51. The van der Waals surface area contributed by atoms with Gasteiger partial charge in [-0.2, -0.15) is 0 Å². The van der Waals surface area contributed by atoms with E-state index >= 15 is 0 Å². The molecule has 0 saturated carbocycles. The largest absolute Gasteiger partial charge is 0.298 e. The standard InChI is InChI=1S/C9H9BrO/c1-2-7-5-9(10)4-3-8(7)6-11/h3-6H,2H2,1H3. The lowest BCUT2D eigenvalue weighted by atomic mass is 10.1. The first-order chi connectivity index (χ1) is 5.27. The number of carbonyl (C=O) groups excluding carboxylic acids is 1. The minimum atomic E-state index is 0.788. The number of benzene rings is 1. The van der Waals surface area contributed by atoms with Crippen LogP contribution in [0.2, 0.25) is 0 Å². The van der Waals surface area contributed by atoms with Crippen molar-refractivity contribution in [3.8, 4) is 0 Å². The molecule has 0 unspecified atom stereocenters. The van der Waals surface area contributed by atoms with E-state index < -0.39 is 0 Å². The Morgan fingerprint density at radius 1 is 1.55 bits per heavy atom. The van der Waals surface area contributed by atoms with Crippen molar-refractivity contribution in [3.63, 3.8) is 0 Å². The van der Waals surface area contributed by atoms with Gasteiger partial charge in [-0.3, -0.25) is 4.79 Å². The van der Waals surface area contributed by atoms with Crippen LogP contribution in [-0.4, -0.2) is 6.29 Å². The summed E-state index contributed by atoms with van der Waals surface area (Å²) in [5.41, 5.74) is 1.88. The van der Waals surface area contributed by atoms with Crippen LogP contribution < -0.4 is 0 Å². The Labute approximate surface area is 74.6 Å². The fourth-order valence-corrected chi connectivity index (χ4v) is 1.40. The highest BCUT2D eigenvalue weighted by Gasteiger charge is 1.98. The van der Waals surface area contributed by atoms with Crippen LogP contribution >= 0.6 is 15.9 Å². The maximum atomic E-state index is 10.5. The van der Waals surface area contributed by atoms with Gasteiger partial charge in [-0.15, -0.1) is 0 Å². The van der Waals surface area contributed by atoms with Crippen molar-refractivity contribution in [2.45, 2.75) is 13.3 Å². The van der Waals surface area contributed by atoms with E-state index in [4.69, 9.17) is 0 Å². The Morgan fingerprint density at radius 2 is 2.27 bits per heavy atom. The maximum Gasteiger partial charge on any atom is 0.150 e. The zero-order valence-electron chi connectivity index (χ0n) is 6.30. The molecule has 11 heavy (non-hydrogen) atoms. The van der Waals surface area contributed by atoms with Gasteiger partial charge in [0.2, 0.25) is 0 Å². The SMILES string of the molecule is CCc1cc(Br)ccc1C=O. The van der Waals surface area contributed by atoms with Crippen LogP contribution in [0, 0.1) is 0 Å². The van der Waals surface area contributed by atoms with Crippen molar-refractivity contribution < 1.29 is 4.79 Å². The Kier molecular flexibility index (Phi) is 2.83. The minimum absolute atomic E-state index is 0.788. The highest BCUT2D eigenvalue weighted by Crippen LogP contribution is 2.15. The molecule has 58 valence electrons. The third-order valence-corrected chi connectivity index (χ3v) is 2.11. The third kappa shape index (κ3) is 1.90. The van der Waals surface area contributed by atoms with Gasteiger partial charge in [0.1, 0.15) is 6.29 Å². The first kappa shape index (κ1) is 8.47. The summed E-state index contributed by atoms with van der Waals surface area (Å²) in [5, 5.41) is 0. The monoisotopic (exact) mass is 212 g/mol. The molecule has 0 N–H and O–H groups in total. The van der Waals surface area contributed by atoms with Gasteiger partial charge >= 0.3 is 0 Å². The molecule has 1 rings (SSSR count). The molecule has 0 bridgehead atoms. The molecule has 0 heterocycles. The van der Waals surface area contributed by atoms with E-state index in [2.05, 4.69) is 15.9 Å². The molecule has 1 aromatic carbocycles. The first-order valence-corrected chi connectivity index (χ1v) is 4.31. The number of rotatable bonds is 2. The van der Waals surface area contributed by atoms with Gasteiger partial charge in [-0.05, 0) is 24.1 Å². The summed E-state index contributed by atoms with van der Waals surface area (Å²) in [4.78, 5) is 10.5. The van der Waals surface area contributed by atoms with Gasteiger partial charge in [-0.25, -0.2) is 0 Å². The molecular weight excluding hydrogens is 204 g/mol. The molecule has 0 fully saturated rings. The van der Waals surface area contributed by atoms with Gasteiger partial charge in [0.15, 0.2) is 0 Å². The zero-order chi connectivity index (χ0) is 8.27. The van der Waals surface area contributed by atoms with Crippen molar-refractivity contribution in [1.82, 2.24) is 0 Å². The van der Waals surface area contributed by atoms with Crippen LogP contribution in [0.1, 0.15) is 22.8 Å². The number of carbonyl (C=O) groups is 1. The second kappa shape index (κ2) is 3.67. The fraction of sp³-hybridized carbons (Fsp3) is 0.222. The minimum Gasteiger partial charge on any atom is -0.298 e. The molecule has 2 heteroatoms. The summed E-state index contributed by atoms with van der Waals surface area (Å²) >= 11 is 3.35. The van der Waals surface area contributed by atoms with E-state index in [0.29, 0.717) is 0 Å².